The van der Waals surface area contributed by atoms with Gasteiger partial charge < -0.3 is 15.7 Å². The summed E-state index contributed by atoms with van der Waals surface area (Å²) in [6, 6.07) is 0. The standard InChI is InChI=1S/C16H20N2O4/c1-4-10-8(2)12(17-15(10)21)7-13-9(3)11(16(22)18-13)5-6-14(19)20/h7,10H,4-6H2,1-3H3,(H,17,21)(H,18,22)(H,19,20)/b13-7+/t10-/m0/s1. The average molecular weight is 304 g/mol. The largest absolute Gasteiger partial charge is 0.481 e. The lowest BCUT2D eigenvalue weighted by Gasteiger charge is -2.04. The van der Waals surface area contributed by atoms with Crippen molar-refractivity contribution >= 4 is 17.8 Å². The van der Waals surface area contributed by atoms with Crippen molar-refractivity contribution in [1.29, 1.82) is 0 Å². The number of carbonyl (C=O) groups is 3. The van der Waals surface area contributed by atoms with Crippen LogP contribution in [-0.4, -0.2) is 22.9 Å². The molecule has 2 heterocycles. The molecule has 2 rings (SSSR count). The third-order valence-corrected chi connectivity index (χ3v) is 4.19. The van der Waals surface area contributed by atoms with Gasteiger partial charge in [-0.25, -0.2) is 0 Å². The number of carbonyl (C=O) groups excluding carboxylic acids is 2. The minimum absolute atomic E-state index is 0.0242. The van der Waals surface area contributed by atoms with E-state index < -0.39 is 5.97 Å². The van der Waals surface area contributed by atoms with Gasteiger partial charge in [0.05, 0.1) is 5.92 Å². The van der Waals surface area contributed by atoms with Gasteiger partial charge in [0, 0.05) is 23.4 Å². The van der Waals surface area contributed by atoms with Gasteiger partial charge in [0.15, 0.2) is 0 Å². The van der Waals surface area contributed by atoms with E-state index in [1.807, 2.05) is 13.8 Å². The Balaban J connectivity index is 2.26. The third kappa shape index (κ3) is 2.95. The van der Waals surface area contributed by atoms with Crippen molar-refractivity contribution in [2.24, 2.45) is 5.92 Å². The van der Waals surface area contributed by atoms with E-state index in [-0.39, 0.29) is 30.6 Å². The van der Waals surface area contributed by atoms with Crippen LogP contribution in [0.3, 0.4) is 0 Å². The molecule has 2 aliphatic heterocycles. The lowest BCUT2D eigenvalue weighted by atomic mass is 9.98. The Morgan fingerprint density at radius 1 is 1.27 bits per heavy atom. The molecule has 3 N–H and O–H groups in total. The van der Waals surface area contributed by atoms with Gasteiger partial charge >= 0.3 is 5.97 Å². The number of hydrogen-bond donors (Lipinski definition) is 3. The van der Waals surface area contributed by atoms with Crippen LogP contribution in [0.15, 0.2) is 34.2 Å². The zero-order chi connectivity index (χ0) is 16.4. The molecule has 0 unspecified atom stereocenters. The van der Waals surface area contributed by atoms with E-state index in [0.717, 1.165) is 17.6 Å². The minimum atomic E-state index is -0.932. The quantitative estimate of drug-likeness (QED) is 0.719. The lowest BCUT2D eigenvalue weighted by Crippen LogP contribution is -2.21. The van der Waals surface area contributed by atoms with Crippen LogP contribution in [0.2, 0.25) is 0 Å². The molecule has 0 saturated heterocycles. The number of carboxylic acids is 1. The molecule has 0 aromatic rings. The molecule has 22 heavy (non-hydrogen) atoms. The molecule has 0 aromatic carbocycles. The van der Waals surface area contributed by atoms with E-state index in [1.54, 1.807) is 13.0 Å². The van der Waals surface area contributed by atoms with Gasteiger partial charge in [-0.15, -0.1) is 0 Å². The normalized spacial score (nSPS) is 23.4. The predicted molar refractivity (Wildman–Crippen MR) is 80.4 cm³/mol. The van der Waals surface area contributed by atoms with E-state index in [1.165, 1.54) is 0 Å². The molecule has 118 valence electrons. The van der Waals surface area contributed by atoms with Crippen molar-refractivity contribution in [3.05, 3.63) is 34.2 Å². The number of carboxylic acid groups (broad SMARTS) is 1. The van der Waals surface area contributed by atoms with Crippen LogP contribution in [-0.2, 0) is 14.4 Å². The Hall–Kier alpha value is -2.37. The van der Waals surface area contributed by atoms with Crippen LogP contribution in [0.1, 0.15) is 40.0 Å². The summed E-state index contributed by atoms with van der Waals surface area (Å²) in [5.74, 6) is -1.35. The minimum Gasteiger partial charge on any atom is -0.481 e. The molecule has 0 aromatic heterocycles. The smallest absolute Gasteiger partial charge is 0.303 e. The number of aliphatic carboxylic acids is 1. The molecule has 0 fully saturated rings. The predicted octanol–water partition coefficient (Wildman–Crippen LogP) is 1.61. The van der Waals surface area contributed by atoms with Gasteiger partial charge in [0.25, 0.3) is 5.91 Å². The summed E-state index contributed by atoms with van der Waals surface area (Å²) in [5, 5.41) is 14.3. The molecule has 2 amide bonds. The van der Waals surface area contributed by atoms with E-state index in [0.29, 0.717) is 17.0 Å². The molecule has 0 saturated carbocycles. The monoisotopic (exact) mass is 304 g/mol. The zero-order valence-corrected chi connectivity index (χ0v) is 12.9. The Kier molecular flexibility index (Phi) is 4.49. The van der Waals surface area contributed by atoms with Crippen LogP contribution in [0.5, 0.6) is 0 Å². The van der Waals surface area contributed by atoms with Gasteiger partial charge in [0.2, 0.25) is 5.91 Å². The van der Waals surface area contributed by atoms with Crippen LogP contribution in [0.4, 0.5) is 0 Å². The van der Waals surface area contributed by atoms with Crippen LogP contribution < -0.4 is 10.6 Å². The fraction of sp³-hybridized carbons (Fsp3) is 0.438. The van der Waals surface area contributed by atoms with Crippen molar-refractivity contribution in [3.63, 3.8) is 0 Å². The van der Waals surface area contributed by atoms with Gasteiger partial charge in [-0.1, -0.05) is 6.92 Å². The first-order valence-electron chi connectivity index (χ1n) is 7.31. The highest BCUT2D eigenvalue weighted by Crippen LogP contribution is 2.29. The highest BCUT2D eigenvalue weighted by atomic mass is 16.4. The summed E-state index contributed by atoms with van der Waals surface area (Å²) in [4.78, 5) is 34.4. The number of rotatable bonds is 5. The second kappa shape index (κ2) is 6.17. The number of amides is 2. The number of nitrogens with one attached hydrogen (secondary N) is 2. The van der Waals surface area contributed by atoms with Crippen molar-refractivity contribution in [3.8, 4) is 0 Å². The second-order valence-electron chi connectivity index (χ2n) is 5.56. The fourth-order valence-electron chi connectivity index (χ4n) is 2.79. The first-order chi connectivity index (χ1) is 10.3. The Morgan fingerprint density at radius 2 is 1.95 bits per heavy atom. The van der Waals surface area contributed by atoms with E-state index >= 15 is 0 Å². The molecule has 6 heteroatoms. The first kappa shape index (κ1) is 16.0. The molecule has 0 bridgehead atoms. The van der Waals surface area contributed by atoms with Crippen molar-refractivity contribution < 1.29 is 19.5 Å². The summed E-state index contributed by atoms with van der Waals surface area (Å²) >= 11 is 0. The Morgan fingerprint density at radius 3 is 2.50 bits per heavy atom. The summed E-state index contributed by atoms with van der Waals surface area (Å²) in [5.41, 5.74) is 3.52. The molecule has 2 aliphatic rings. The van der Waals surface area contributed by atoms with Crippen LogP contribution in [0, 0.1) is 5.92 Å². The summed E-state index contributed by atoms with van der Waals surface area (Å²) in [6.45, 7) is 5.64. The summed E-state index contributed by atoms with van der Waals surface area (Å²) in [7, 11) is 0. The third-order valence-electron chi connectivity index (χ3n) is 4.19. The van der Waals surface area contributed by atoms with Crippen LogP contribution in [0.25, 0.3) is 0 Å². The molecular weight excluding hydrogens is 284 g/mol. The van der Waals surface area contributed by atoms with Gasteiger partial charge in [-0.05, 0) is 43.9 Å². The van der Waals surface area contributed by atoms with E-state index in [2.05, 4.69) is 10.6 Å². The lowest BCUT2D eigenvalue weighted by molar-refractivity contribution is -0.137. The Bertz CT molecular complexity index is 641. The van der Waals surface area contributed by atoms with E-state index in [9.17, 15) is 14.4 Å². The number of allylic oxidation sites excluding steroid dienone is 2. The Labute approximate surface area is 129 Å². The van der Waals surface area contributed by atoms with Crippen molar-refractivity contribution in [2.45, 2.75) is 40.0 Å². The zero-order valence-electron chi connectivity index (χ0n) is 12.9. The topological polar surface area (TPSA) is 95.5 Å². The summed E-state index contributed by atoms with van der Waals surface area (Å²) < 4.78 is 0. The molecule has 6 nitrogen and oxygen atoms in total. The van der Waals surface area contributed by atoms with Gasteiger partial charge in [-0.2, -0.15) is 0 Å². The number of hydrogen-bond acceptors (Lipinski definition) is 3. The molecular formula is C16H20N2O4. The highest BCUT2D eigenvalue weighted by molar-refractivity contribution is 6.00. The van der Waals surface area contributed by atoms with Gasteiger partial charge in [0.1, 0.15) is 0 Å². The SMILES string of the molecule is CC[C@@H]1C(=O)NC(/C=C2/NC(=O)C(CCC(=O)O)=C2C)=C1C. The molecule has 0 radical (unpaired) electrons. The summed E-state index contributed by atoms with van der Waals surface area (Å²) in [6.07, 6.45) is 2.61. The maximum atomic E-state index is 11.9. The second-order valence-corrected chi connectivity index (χ2v) is 5.56. The molecule has 0 aliphatic carbocycles. The van der Waals surface area contributed by atoms with Crippen molar-refractivity contribution in [2.75, 3.05) is 0 Å². The fourth-order valence-corrected chi connectivity index (χ4v) is 2.79. The molecule has 1 atom stereocenters. The molecule has 0 spiro atoms. The first-order valence-corrected chi connectivity index (χ1v) is 7.31. The van der Waals surface area contributed by atoms with Crippen molar-refractivity contribution in [1.82, 2.24) is 10.6 Å². The van der Waals surface area contributed by atoms with Crippen LogP contribution >= 0.6 is 0 Å². The maximum Gasteiger partial charge on any atom is 0.303 e. The average Bonchev–Trinajstić information content (AvgIpc) is 2.86. The highest BCUT2D eigenvalue weighted by Gasteiger charge is 2.30. The maximum absolute atomic E-state index is 11.9. The van der Waals surface area contributed by atoms with E-state index in [4.69, 9.17) is 5.11 Å². The van der Waals surface area contributed by atoms with Gasteiger partial charge in [-0.3, -0.25) is 14.4 Å².